The summed E-state index contributed by atoms with van der Waals surface area (Å²) in [5, 5.41) is 3.95. The summed E-state index contributed by atoms with van der Waals surface area (Å²) in [6.45, 7) is 0. The number of hydrogen-bond acceptors (Lipinski definition) is 6. The maximum atomic E-state index is 11.9. The summed E-state index contributed by atoms with van der Waals surface area (Å²) in [7, 11) is -2.05. The van der Waals surface area contributed by atoms with Crippen LogP contribution in [-0.2, 0) is 14.8 Å². The molecule has 4 aromatic rings. The minimum absolute atomic E-state index is 0.263. The lowest BCUT2D eigenvalue weighted by molar-refractivity contribution is 0.0600. The average molecular weight is 548 g/mol. The molecule has 9 nitrogen and oxygen atoms in total. The van der Waals surface area contributed by atoms with Crippen LogP contribution in [0, 0.1) is 0 Å². The number of nitrogens with zero attached hydrogens (tertiary/aromatic N) is 3. The molecule has 2 atom stereocenters. The van der Waals surface area contributed by atoms with Gasteiger partial charge in [0.15, 0.2) is 5.11 Å². The lowest BCUT2D eigenvalue weighted by Gasteiger charge is -2.29. The van der Waals surface area contributed by atoms with Crippen molar-refractivity contribution in [1.29, 1.82) is 0 Å². The van der Waals surface area contributed by atoms with Crippen LogP contribution >= 0.6 is 12.2 Å². The zero-order valence-electron chi connectivity index (χ0n) is 20.6. The third kappa shape index (κ3) is 5.11. The van der Waals surface area contributed by atoms with E-state index in [1.54, 1.807) is 30.5 Å². The lowest BCUT2D eigenvalue weighted by atomic mass is 10.0. The first-order valence-electron chi connectivity index (χ1n) is 11.7. The minimum Gasteiger partial charge on any atom is -0.465 e. The molecule has 0 amide bonds. The molecule has 0 bridgehead atoms. The number of pyridine rings is 1. The Morgan fingerprint density at radius 1 is 1.00 bits per heavy atom. The van der Waals surface area contributed by atoms with Gasteiger partial charge in [-0.25, -0.2) is 13.2 Å². The van der Waals surface area contributed by atoms with Crippen LogP contribution in [0.3, 0.4) is 0 Å². The highest BCUT2D eigenvalue weighted by Gasteiger charge is 2.42. The van der Waals surface area contributed by atoms with Gasteiger partial charge >= 0.3 is 5.97 Å². The molecule has 0 aliphatic carbocycles. The Balaban J connectivity index is 1.58. The minimum atomic E-state index is -3.40. The number of ether oxygens (including phenoxy) is 1. The second-order valence-corrected chi connectivity index (χ2v) is 10.9. The fourth-order valence-corrected chi connectivity index (χ4v) is 5.49. The quantitative estimate of drug-likeness (QED) is 0.262. The van der Waals surface area contributed by atoms with Crippen molar-refractivity contribution in [3.63, 3.8) is 0 Å². The number of carbonyl (C=O) groups is 1. The molecule has 3 heterocycles. The maximum absolute atomic E-state index is 11.9. The number of hydrogen-bond donors (Lipinski definition) is 2. The first kappa shape index (κ1) is 25.4. The van der Waals surface area contributed by atoms with Gasteiger partial charge in [-0.3, -0.25) is 9.71 Å². The SMILES string of the molecule is COC(=O)c1ccc(-n2cccc2[C@H]2[C@H](c3ccccn3)NC(=S)N2c2ccc(NS(C)(=O)=O)cc2)cc1. The van der Waals surface area contributed by atoms with Crippen LogP contribution in [0.1, 0.15) is 33.8 Å². The Kier molecular flexibility index (Phi) is 6.87. The third-order valence-electron chi connectivity index (χ3n) is 6.20. The van der Waals surface area contributed by atoms with Crippen molar-refractivity contribution in [1.82, 2.24) is 14.9 Å². The molecule has 194 valence electrons. The molecular weight excluding hydrogens is 522 g/mol. The predicted octanol–water partition coefficient (Wildman–Crippen LogP) is 4.21. The molecule has 2 aromatic heterocycles. The Morgan fingerprint density at radius 2 is 1.71 bits per heavy atom. The van der Waals surface area contributed by atoms with Gasteiger partial charge < -0.3 is 19.5 Å². The number of methoxy groups -OCH3 is 1. The zero-order chi connectivity index (χ0) is 26.9. The maximum Gasteiger partial charge on any atom is 0.337 e. The molecule has 1 aliphatic rings. The van der Waals surface area contributed by atoms with Gasteiger partial charge in [-0.15, -0.1) is 0 Å². The summed E-state index contributed by atoms with van der Waals surface area (Å²) in [6, 6.07) is 23.4. The van der Waals surface area contributed by atoms with Crippen molar-refractivity contribution in [3.05, 3.63) is 108 Å². The number of anilines is 2. The van der Waals surface area contributed by atoms with Crippen molar-refractivity contribution in [2.45, 2.75) is 12.1 Å². The molecule has 5 rings (SSSR count). The van der Waals surface area contributed by atoms with Crippen molar-refractivity contribution in [2.75, 3.05) is 23.0 Å². The Hall–Kier alpha value is -4.22. The Labute approximate surface area is 226 Å². The summed E-state index contributed by atoms with van der Waals surface area (Å²) < 4.78 is 32.7. The molecule has 38 heavy (non-hydrogen) atoms. The number of benzene rings is 2. The van der Waals surface area contributed by atoms with Crippen molar-refractivity contribution in [2.24, 2.45) is 0 Å². The molecule has 0 saturated carbocycles. The smallest absolute Gasteiger partial charge is 0.337 e. The fourth-order valence-electron chi connectivity index (χ4n) is 4.58. The first-order chi connectivity index (χ1) is 18.2. The summed E-state index contributed by atoms with van der Waals surface area (Å²) in [6.07, 6.45) is 4.81. The van der Waals surface area contributed by atoms with E-state index in [-0.39, 0.29) is 12.1 Å². The number of nitrogens with one attached hydrogen (secondary N) is 2. The van der Waals surface area contributed by atoms with Gasteiger partial charge in [0.1, 0.15) is 6.04 Å². The molecule has 0 radical (unpaired) electrons. The Morgan fingerprint density at radius 3 is 2.34 bits per heavy atom. The molecule has 1 saturated heterocycles. The van der Waals surface area contributed by atoms with E-state index >= 15 is 0 Å². The number of thiocarbonyl (C=S) groups is 1. The van der Waals surface area contributed by atoms with Crippen LogP contribution in [-0.4, -0.2) is 42.4 Å². The van der Waals surface area contributed by atoms with E-state index in [0.29, 0.717) is 16.4 Å². The van der Waals surface area contributed by atoms with Crippen LogP contribution in [0.2, 0.25) is 0 Å². The van der Waals surface area contributed by atoms with Crippen LogP contribution in [0.5, 0.6) is 0 Å². The standard InChI is InChI=1S/C27H25N5O4S2/c1-36-26(33)18-8-12-20(13-9-18)31-17-5-7-23(31)25-24(22-6-3-4-16-28-22)29-27(37)32(25)21-14-10-19(11-15-21)30-38(2,34)35/h3-17,24-25,30H,1-2H3,(H,29,37)/t24-,25-/m0/s1. The van der Waals surface area contributed by atoms with Crippen molar-refractivity contribution >= 4 is 44.7 Å². The topological polar surface area (TPSA) is 106 Å². The monoisotopic (exact) mass is 547 g/mol. The van der Waals surface area contributed by atoms with Gasteiger partial charge in [0.25, 0.3) is 0 Å². The summed E-state index contributed by atoms with van der Waals surface area (Å²) in [5.74, 6) is -0.398. The van der Waals surface area contributed by atoms with Crippen LogP contribution in [0.15, 0.2) is 91.3 Å². The van der Waals surface area contributed by atoms with E-state index < -0.39 is 16.0 Å². The number of carbonyl (C=O) groups excluding carboxylic acids is 1. The van der Waals surface area contributed by atoms with E-state index in [1.165, 1.54) is 7.11 Å². The van der Waals surface area contributed by atoms with Gasteiger partial charge in [0, 0.05) is 35.1 Å². The molecule has 1 fully saturated rings. The molecule has 2 aromatic carbocycles. The number of aromatic nitrogens is 2. The zero-order valence-corrected chi connectivity index (χ0v) is 22.2. The fraction of sp³-hybridized carbons (Fsp3) is 0.148. The Bertz CT molecular complexity index is 1570. The van der Waals surface area contributed by atoms with E-state index in [4.69, 9.17) is 17.0 Å². The number of sulfonamides is 1. The van der Waals surface area contributed by atoms with E-state index in [1.807, 2.05) is 70.3 Å². The van der Waals surface area contributed by atoms with Crippen molar-refractivity contribution < 1.29 is 17.9 Å². The van der Waals surface area contributed by atoms with Gasteiger partial charge in [0.05, 0.1) is 30.7 Å². The number of esters is 1. The van der Waals surface area contributed by atoms with Gasteiger partial charge in [-0.1, -0.05) is 6.07 Å². The first-order valence-corrected chi connectivity index (χ1v) is 14.0. The van der Waals surface area contributed by atoms with Gasteiger partial charge in [0.2, 0.25) is 10.0 Å². The molecule has 11 heteroatoms. The highest BCUT2D eigenvalue weighted by atomic mass is 32.2. The van der Waals surface area contributed by atoms with E-state index in [0.717, 1.165) is 29.0 Å². The third-order valence-corrected chi connectivity index (χ3v) is 7.12. The summed E-state index contributed by atoms with van der Waals surface area (Å²) in [5.41, 5.74) is 4.34. The highest BCUT2D eigenvalue weighted by Crippen LogP contribution is 2.42. The van der Waals surface area contributed by atoms with Crippen LogP contribution < -0.4 is 14.9 Å². The largest absolute Gasteiger partial charge is 0.465 e. The molecular formula is C27H25N5O4S2. The normalized spacial score (nSPS) is 17.2. The molecule has 1 aliphatic heterocycles. The highest BCUT2D eigenvalue weighted by molar-refractivity contribution is 7.92. The second-order valence-electron chi connectivity index (χ2n) is 8.76. The van der Waals surface area contributed by atoms with Crippen molar-refractivity contribution in [3.8, 4) is 5.69 Å². The van der Waals surface area contributed by atoms with Crippen LogP contribution in [0.25, 0.3) is 5.69 Å². The number of rotatable bonds is 7. The summed E-state index contributed by atoms with van der Waals surface area (Å²) in [4.78, 5) is 18.5. The average Bonchev–Trinajstić information content (AvgIpc) is 3.53. The molecule has 0 unspecified atom stereocenters. The molecule has 2 N–H and O–H groups in total. The predicted molar refractivity (Wildman–Crippen MR) is 150 cm³/mol. The van der Waals surface area contributed by atoms with Gasteiger partial charge in [-0.2, -0.15) is 0 Å². The van der Waals surface area contributed by atoms with Crippen LogP contribution in [0.4, 0.5) is 11.4 Å². The second kappa shape index (κ2) is 10.3. The van der Waals surface area contributed by atoms with Gasteiger partial charge in [-0.05, 0) is 85.0 Å². The van der Waals surface area contributed by atoms with E-state index in [9.17, 15) is 13.2 Å². The lowest BCUT2D eigenvalue weighted by Crippen LogP contribution is -2.30. The summed E-state index contributed by atoms with van der Waals surface area (Å²) >= 11 is 5.81. The van der Waals surface area contributed by atoms with E-state index in [2.05, 4.69) is 15.0 Å². The molecule has 0 spiro atoms.